The molecule has 7 heteroatoms. The van der Waals surface area contributed by atoms with Crippen LogP contribution in [-0.4, -0.2) is 22.1 Å². The van der Waals surface area contributed by atoms with Crippen LogP contribution in [-0.2, 0) is 9.63 Å². The lowest BCUT2D eigenvalue weighted by Gasteiger charge is -2.08. The molecule has 0 atom stereocenters. The van der Waals surface area contributed by atoms with Gasteiger partial charge in [-0.05, 0) is 12.3 Å². The van der Waals surface area contributed by atoms with Crippen molar-refractivity contribution in [2.24, 2.45) is 11.1 Å². The number of carbonyl (C=O) groups excluding carboxylic acids is 1. The predicted molar refractivity (Wildman–Crippen MR) is 76.1 cm³/mol. The number of hydrogen-bond acceptors (Lipinski definition) is 6. The van der Waals surface area contributed by atoms with Crippen LogP contribution in [0.4, 0.5) is 5.82 Å². The minimum atomic E-state index is -0.0366. The molecule has 0 bridgehead atoms. The number of anilines is 1. The van der Waals surface area contributed by atoms with Gasteiger partial charge in [0.1, 0.15) is 5.69 Å². The monoisotopic (exact) mass is 287 g/mol. The van der Waals surface area contributed by atoms with Gasteiger partial charge in [0.15, 0.2) is 5.82 Å². The van der Waals surface area contributed by atoms with Crippen molar-refractivity contribution in [3.8, 4) is 6.26 Å². The first-order chi connectivity index (χ1) is 10.3. The molecule has 0 saturated heterocycles. The van der Waals surface area contributed by atoms with Gasteiger partial charge in [0.25, 0.3) is 0 Å². The fraction of sp³-hybridized carbons (Fsp3) is 0.500. The summed E-state index contributed by atoms with van der Waals surface area (Å²) in [5.41, 5.74) is 0.439. The highest BCUT2D eigenvalue weighted by Gasteiger charge is 2.16. The van der Waals surface area contributed by atoms with E-state index in [0.717, 1.165) is 6.42 Å². The van der Waals surface area contributed by atoms with E-state index >= 15 is 0 Å². The molecule has 0 radical (unpaired) electrons. The van der Waals surface area contributed by atoms with E-state index in [9.17, 15) is 4.79 Å². The van der Waals surface area contributed by atoms with Gasteiger partial charge in [-0.15, -0.1) is 5.26 Å². The summed E-state index contributed by atoms with van der Waals surface area (Å²) in [6.45, 7) is 0. The van der Waals surface area contributed by atoms with Gasteiger partial charge >= 0.3 is 6.26 Å². The zero-order valence-electron chi connectivity index (χ0n) is 11.7. The molecule has 1 fully saturated rings. The van der Waals surface area contributed by atoms with Crippen LogP contribution in [0.1, 0.15) is 44.2 Å². The largest absolute Gasteiger partial charge is 0.316 e. The highest BCUT2D eigenvalue weighted by Crippen LogP contribution is 2.28. The molecule has 0 spiro atoms. The summed E-state index contributed by atoms with van der Waals surface area (Å²) < 4.78 is 0. The van der Waals surface area contributed by atoms with Crippen molar-refractivity contribution in [2.45, 2.75) is 38.5 Å². The molecule has 0 unspecified atom stereocenters. The lowest BCUT2D eigenvalue weighted by molar-refractivity contribution is -0.116. The van der Waals surface area contributed by atoms with Crippen LogP contribution in [0, 0.1) is 17.4 Å². The van der Waals surface area contributed by atoms with E-state index in [1.165, 1.54) is 50.5 Å². The maximum atomic E-state index is 11.8. The number of rotatable bonds is 6. The van der Waals surface area contributed by atoms with Crippen LogP contribution in [0.5, 0.6) is 0 Å². The molecule has 21 heavy (non-hydrogen) atoms. The van der Waals surface area contributed by atoms with Gasteiger partial charge in [-0.3, -0.25) is 9.63 Å². The molecule has 110 valence electrons. The maximum Gasteiger partial charge on any atom is 0.316 e. The topological polar surface area (TPSA) is 100 Å². The molecule has 0 aromatic carbocycles. The second kappa shape index (κ2) is 7.94. The third-order valence-corrected chi connectivity index (χ3v) is 3.47. The number of hydrogen-bond donors (Lipinski definition) is 1. The molecular weight excluding hydrogens is 270 g/mol. The fourth-order valence-electron chi connectivity index (χ4n) is 2.41. The molecule has 1 heterocycles. The van der Waals surface area contributed by atoms with Crippen molar-refractivity contribution in [1.29, 1.82) is 5.26 Å². The van der Waals surface area contributed by atoms with Crippen LogP contribution in [0.15, 0.2) is 17.5 Å². The Hall–Kier alpha value is -2.49. The summed E-state index contributed by atoms with van der Waals surface area (Å²) in [5, 5.41) is 14.2. The normalized spacial score (nSPS) is 15.0. The number of nitriles is 1. The number of nitrogens with zero attached hydrogens (tertiary/aromatic N) is 4. The van der Waals surface area contributed by atoms with E-state index in [1.54, 1.807) is 0 Å². The van der Waals surface area contributed by atoms with Gasteiger partial charge in [-0.25, -0.2) is 9.97 Å². The summed E-state index contributed by atoms with van der Waals surface area (Å²) in [6, 6.07) is 0. The van der Waals surface area contributed by atoms with Crippen LogP contribution in [0.25, 0.3) is 0 Å². The first-order valence-electron chi connectivity index (χ1n) is 6.98. The van der Waals surface area contributed by atoms with Gasteiger partial charge in [0.05, 0.1) is 18.6 Å². The lowest BCUT2D eigenvalue weighted by Crippen LogP contribution is -2.14. The van der Waals surface area contributed by atoms with Crippen molar-refractivity contribution >= 4 is 17.9 Å². The SMILES string of the molecule is N#CON=Cc1cnc(NC(=O)CCC2CCCC2)cn1. The fourth-order valence-corrected chi connectivity index (χ4v) is 2.41. The quantitative estimate of drug-likeness (QED) is 0.491. The predicted octanol–water partition coefficient (Wildman–Crippen LogP) is 2.22. The number of aromatic nitrogens is 2. The Bertz CT molecular complexity index is 529. The summed E-state index contributed by atoms with van der Waals surface area (Å²) in [5.74, 6) is 1.07. The lowest BCUT2D eigenvalue weighted by atomic mass is 10.0. The van der Waals surface area contributed by atoms with E-state index < -0.39 is 0 Å². The van der Waals surface area contributed by atoms with Crippen molar-refractivity contribution in [3.05, 3.63) is 18.1 Å². The minimum Gasteiger partial charge on any atom is -0.309 e. The Balaban J connectivity index is 1.76. The van der Waals surface area contributed by atoms with Crippen LogP contribution in [0.3, 0.4) is 0 Å². The summed E-state index contributed by atoms with van der Waals surface area (Å²) in [6.07, 6.45) is 12.1. The van der Waals surface area contributed by atoms with Gasteiger partial charge in [-0.1, -0.05) is 30.8 Å². The first kappa shape index (κ1) is 14.9. The third kappa shape index (κ3) is 5.18. The number of amides is 1. The first-order valence-corrected chi connectivity index (χ1v) is 6.98. The molecule has 1 aliphatic rings. The van der Waals surface area contributed by atoms with E-state index in [0.29, 0.717) is 23.9 Å². The maximum absolute atomic E-state index is 11.8. The molecule has 1 saturated carbocycles. The molecule has 1 aromatic heterocycles. The van der Waals surface area contributed by atoms with Crippen molar-refractivity contribution < 1.29 is 9.63 Å². The van der Waals surface area contributed by atoms with Gasteiger partial charge in [-0.2, -0.15) is 0 Å². The molecule has 1 aromatic rings. The summed E-state index contributed by atoms with van der Waals surface area (Å²) in [4.78, 5) is 24.0. The molecular formula is C14H17N5O2. The van der Waals surface area contributed by atoms with Crippen molar-refractivity contribution in [1.82, 2.24) is 9.97 Å². The molecule has 1 amide bonds. The van der Waals surface area contributed by atoms with Crippen LogP contribution < -0.4 is 5.32 Å². The molecule has 7 nitrogen and oxygen atoms in total. The van der Waals surface area contributed by atoms with E-state index in [-0.39, 0.29) is 5.91 Å². The standard InChI is InChI=1S/C14H17N5O2/c15-10-21-18-8-12-7-17-13(9-16-12)19-14(20)6-5-11-3-1-2-4-11/h7-9,11H,1-6H2,(H,17,19,20). The third-order valence-electron chi connectivity index (χ3n) is 3.47. The van der Waals surface area contributed by atoms with Crippen LogP contribution in [0.2, 0.25) is 0 Å². The number of nitrogens with one attached hydrogen (secondary N) is 1. The highest BCUT2D eigenvalue weighted by atomic mass is 16.6. The summed E-state index contributed by atoms with van der Waals surface area (Å²) in [7, 11) is 0. The van der Waals surface area contributed by atoms with Crippen molar-refractivity contribution in [3.63, 3.8) is 0 Å². The highest BCUT2D eigenvalue weighted by molar-refractivity contribution is 5.89. The van der Waals surface area contributed by atoms with E-state index in [1.807, 2.05) is 0 Å². The van der Waals surface area contributed by atoms with E-state index in [2.05, 4.69) is 25.3 Å². The molecule has 1 aliphatic carbocycles. The Labute approximate surface area is 123 Å². The zero-order valence-corrected chi connectivity index (χ0v) is 11.7. The Morgan fingerprint density at radius 3 is 2.95 bits per heavy atom. The second-order valence-corrected chi connectivity index (χ2v) is 4.98. The zero-order chi connectivity index (χ0) is 14.9. The van der Waals surface area contributed by atoms with Crippen molar-refractivity contribution in [2.75, 3.05) is 5.32 Å². The van der Waals surface area contributed by atoms with Gasteiger partial charge in [0.2, 0.25) is 5.91 Å². The number of carbonyl (C=O) groups is 1. The molecule has 0 aliphatic heterocycles. The summed E-state index contributed by atoms with van der Waals surface area (Å²) >= 11 is 0. The number of oxime groups is 1. The van der Waals surface area contributed by atoms with E-state index in [4.69, 9.17) is 5.26 Å². The van der Waals surface area contributed by atoms with Gasteiger partial charge in [0, 0.05) is 6.42 Å². The minimum absolute atomic E-state index is 0.0366. The second-order valence-electron chi connectivity index (χ2n) is 4.98. The smallest absolute Gasteiger partial charge is 0.309 e. The Morgan fingerprint density at radius 2 is 2.29 bits per heavy atom. The van der Waals surface area contributed by atoms with Gasteiger partial charge < -0.3 is 5.32 Å². The van der Waals surface area contributed by atoms with Crippen LogP contribution >= 0.6 is 0 Å². The Kier molecular flexibility index (Phi) is 5.64. The Morgan fingerprint density at radius 1 is 1.48 bits per heavy atom. The average molecular weight is 287 g/mol. The molecule has 1 N–H and O–H groups in total. The average Bonchev–Trinajstić information content (AvgIpc) is 3.01. The molecule has 2 rings (SSSR count).